The third kappa shape index (κ3) is 3.95. The SMILES string of the molecule is CCC(C)(Nc1ccc(Oc2ccc(C)c(OC)c2)nc1)C(N)=O. The molecule has 0 fully saturated rings. The second-order valence-corrected chi connectivity index (χ2v) is 5.79. The van der Waals surface area contributed by atoms with Gasteiger partial charge in [0.2, 0.25) is 11.8 Å². The summed E-state index contributed by atoms with van der Waals surface area (Å²) in [7, 11) is 1.62. The van der Waals surface area contributed by atoms with Crippen LogP contribution < -0.4 is 20.5 Å². The standard InChI is InChI=1S/C18H23N3O3/c1-5-18(3,17(19)22)21-13-7-9-16(20-11-13)24-14-8-6-12(2)15(10-14)23-4/h6-11,21H,5H2,1-4H3,(H2,19,22). The molecule has 0 bridgehead atoms. The molecule has 6 heteroatoms. The Kier molecular flexibility index (Phi) is 5.28. The van der Waals surface area contributed by atoms with Crippen molar-refractivity contribution in [1.82, 2.24) is 4.98 Å². The lowest BCUT2D eigenvalue weighted by Crippen LogP contribution is -2.47. The minimum atomic E-state index is -0.811. The molecule has 0 spiro atoms. The van der Waals surface area contributed by atoms with E-state index in [0.717, 1.165) is 11.3 Å². The number of nitrogens with two attached hydrogens (primary N) is 1. The lowest BCUT2D eigenvalue weighted by Gasteiger charge is -2.26. The monoisotopic (exact) mass is 329 g/mol. The van der Waals surface area contributed by atoms with Crippen LogP contribution in [0.2, 0.25) is 0 Å². The Hall–Kier alpha value is -2.76. The number of nitrogens with zero attached hydrogens (tertiary/aromatic N) is 1. The van der Waals surface area contributed by atoms with E-state index in [1.807, 2.05) is 32.0 Å². The van der Waals surface area contributed by atoms with Crippen LogP contribution in [0.4, 0.5) is 5.69 Å². The molecular weight excluding hydrogens is 306 g/mol. The van der Waals surface area contributed by atoms with Crippen molar-refractivity contribution in [3.05, 3.63) is 42.1 Å². The van der Waals surface area contributed by atoms with Crippen molar-refractivity contribution in [3.8, 4) is 17.4 Å². The van der Waals surface area contributed by atoms with Crippen LogP contribution in [0, 0.1) is 6.92 Å². The number of rotatable bonds is 7. The average molecular weight is 329 g/mol. The molecule has 1 amide bonds. The van der Waals surface area contributed by atoms with Gasteiger partial charge in [0.15, 0.2) is 0 Å². The Morgan fingerprint density at radius 3 is 2.62 bits per heavy atom. The zero-order valence-electron chi connectivity index (χ0n) is 14.4. The molecule has 0 radical (unpaired) electrons. The second-order valence-electron chi connectivity index (χ2n) is 5.79. The third-order valence-electron chi connectivity index (χ3n) is 4.01. The second kappa shape index (κ2) is 7.21. The predicted molar refractivity (Wildman–Crippen MR) is 93.6 cm³/mol. The van der Waals surface area contributed by atoms with Crippen molar-refractivity contribution in [2.24, 2.45) is 5.73 Å². The minimum absolute atomic E-state index is 0.405. The summed E-state index contributed by atoms with van der Waals surface area (Å²) in [5.41, 5.74) is 6.36. The van der Waals surface area contributed by atoms with Crippen LogP contribution in [-0.2, 0) is 4.79 Å². The average Bonchev–Trinajstić information content (AvgIpc) is 2.58. The summed E-state index contributed by atoms with van der Waals surface area (Å²) < 4.78 is 11.0. The molecule has 128 valence electrons. The summed E-state index contributed by atoms with van der Waals surface area (Å²) in [5.74, 6) is 1.44. The highest BCUT2D eigenvalue weighted by Crippen LogP contribution is 2.27. The fraction of sp³-hybridized carbons (Fsp3) is 0.333. The largest absolute Gasteiger partial charge is 0.496 e. The zero-order valence-corrected chi connectivity index (χ0v) is 14.4. The number of methoxy groups -OCH3 is 1. The number of ether oxygens (including phenoxy) is 2. The number of hydrogen-bond acceptors (Lipinski definition) is 5. The predicted octanol–water partition coefficient (Wildman–Crippen LogP) is 3.26. The number of amides is 1. The molecule has 2 rings (SSSR count). The minimum Gasteiger partial charge on any atom is -0.496 e. The lowest BCUT2D eigenvalue weighted by molar-refractivity contribution is -0.121. The number of nitrogens with one attached hydrogen (secondary N) is 1. The highest BCUT2D eigenvalue weighted by atomic mass is 16.5. The van der Waals surface area contributed by atoms with E-state index in [9.17, 15) is 4.79 Å². The van der Waals surface area contributed by atoms with Gasteiger partial charge in [0.05, 0.1) is 19.0 Å². The molecule has 24 heavy (non-hydrogen) atoms. The van der Waals surface area contributed by atoms with Gasteiger partial charge in [0.1, 0.15) is 17.0 Å². The van der Waals surface area contributed by atoms with Gasteiger partial charge in [0.25, 0.3) is 0 Å². The maximum absolute atomic E-state index is 11.6. The van der Waals surface area contributed by atoms with Crippen LogP contribution >= 0.6 is 0 Å². The van der Waals surface area contributed by atoms with Gasteiger partial charge in [-0.3, -0.25) is 4.79 Å². The first-order chi connectivity index (χ1) is 11.4. The molecule has 1 aromatic carbocycles. The molecule has 0 aliphatic carbocycles. The van der Waals surface area contributed by atoms with Gasteiger partial charge >= 0.3 is 0 Å². The first-order valence-electron chi connectivity index (χ1n) is 7.74. The summed E-state index contributed by atoms with van der Waals surface area (Å²) in [6, 6.07) is 9.11. The van der Waals surface area contributed by atoms with E-state index in [0.29, 0.717) is 23.7 Å². The molecule has 1 heterocycles. The molecule has 1 aromatic heterocycles. The molecule has 1 atom stereocenters. The van der Waals surface area contributed by atoms with Crippen molar-refractivity contribution >= 4 is 11.6 Å². The first-order valence-corrected chi connectivity index (χ1v) is 7.74. The molecule has 0 aliphatic rings. The van der Waals surface area contributed by atoms with Gasteiger partial charge in [-0.25, -0.2) is 4.98 Å². The number of carbonyl (C=O) groups is 1. The Balaban J connectivity index is 2.11. The van der Waals surface area contributed by atoms with Crippen molar-refractivity contribution in [2.45, 2.75) is 32.7 Å². The molecule has 1 unspecified atom stereocenters. The molecule has 6 nitrogen and oxygen atoms in total. The van der Waals surface area contributed by atoms with Crippen LogP contribution in [0.5, 0.6) is 17.4 Å². The number of benzene rings is 1. The molecule has 2 aromatic rings. The van der Waals surface area contributed by atoms with Crippen molar-refractivity contribution < 1.29 is 14.3 Å². The molecule has 0 saturated heterocycles. The fourth-order valence-corrected chi connectivity index (χ4v) is 2.14. The van der Waals surface area contributed by atoms with Crippen molar-refractivity contribution in [2.75, 3.05) is 12.4 Å². The van der Waals surface area contributed by atoms with Crippen LogP contribution in [0.3, 0.4) is 0 Å². The van der Waals surface area contributed by atoms with Crippen molar-refractivity contribution in [3.63, 3.8) is 0 Å². The highest BCUT2D eigenvalue weighted by molar-refractivity contribution is 5.87. The molecule has 0 saturated carbocycles. The topological polar surface area (TPSA) is 86.5 Å². The normalized spacial score (nSPS) is 13.0. The maximum Gasteiger partial charge on any atom is 0.242 e. The van der Waals surface area contributed by atoms with Gasteiger partial charge in [0, 0.05) is 12.1 Å². The lowest BCUT2D eigenvalue weighted by atomic mass is 9.98. The number of carbonyl (C=O) groups excluding carboxylic acids is 1. The maximum atomic E-state index is 11.6. The smallest absolute Gasteiger partial charge is 0.242 e. The number of anilines is 1. The van der Waals surface area contributed by atoms with Crippen LogP contribution in [0.15, 0.2) is 36.5 Å². The van der Waals surface area contributed by atoms with E-state index in [1.165, 1.54) is 0 Å². The Morgan fingerprint density at radius 1 is 1.33 bits per heavy atom. The van der Waals surface area contributed by atoms with Gasteiger partial charge in [-0.05, 0) is 38.0 Å². The van der Waals surface area contributed by atoms with Gasteiger partial charge in [-0.1, -0.05) is 13.0 Å². The van der Waals surface area contributed by atoms with Gasteiger partial charge in [-0.2, -0.15) is 0 Å². The number of pyridine rings is 1. The van der Waals surface area contributed by atoms with E-state index < -0.39 is 11.4 Å². The van der Waals surface area contributed by atoms with E-state index in [4.69, 9.17) is 15.2 Å². The van der Waals surface area contributed by atoms with E-state index in [1.54, 1.807) is 32.4 Å². The molecular formula is C18H23N3O3. The summed E-state index contributed by atoms with van der Waals surface area (Å²) in [6.07, 6.45) is 2.18. The summed E-state index contributed by atoms with van der Waals surface area (Å²) in [5, 5.41) is 3.11. The summed E-state index contributed by atoms with van der Waals surface area (Å²) >= 11 is 0. The third-order valence-corrected chi connectivity index (χ3v) is 4.01. The van der Waals surface area contributed by atoms with Crippen LogP contribution in [-0.4, -0.2) is 23.5 Å². The number of primary amides is 1. The number of aryl methyl sites for hydroxylation is 1. The Morgan fingerprint density at radius 2 is 2.08 bits per heavy atom. The van der Waals surface area contributed by atoms with Gasteiger partial charge in [-0.15, -0.1) is 0 Å². The first kappa shape index (κ1) is 17.6. The van der Waals surface area contributed by atoms with Crippen molar-refractivity contribution in [1.29, 1.82) is 0 Å². The van der Waals surface area contributed by atoms with E-state index in [-0.39, 0.29) is 0 Å². The van der Waals surface area contributed by atoms with Crippen LogP contribution in [0.1, 0.15) is 25.8 Å². The number of aromatic nitrogens is 1. The van der Waals surface area contributed by atoms with E-state index in [2.05, 4.69) is 10.3 Å². The molecule has 3 N–H and O–H groups in total. The Bertz CT molecular complexity index is 716. The fourth-order valence-electron chi connectivity index (χ4n) is 2.14. The molecule has 0 aliphatic heterocycles. The number of hydrogen-bond donors (Lipinski definition) is 2. The summed E-state index contributed by atoms with van der Waals surface area (Å²) in [4.78, 5) is 15.8. The highest BCUT2D eigenvalue weighted by Gasteiger charge is 2.28. The van der Waals surface area contributed by atoms with Gasteiger partial charge < -0.3 is 20.5 Å². The van der Waals surface area contributed by atoms with Crippen LogP contribution in [0.25, 0.3) is 0 Å². The summed E-state index contributed by atoms with van der Waals surface area (Å²) in [6.45, 7) is 5.62. The Labute approximate surface area is 142 Å². The quantitative estimate of drug-likeness (QED) is 0.814. The van der Waals surface area contributed by atoms with E-state index >= 15 is 0 Å². The zero-order chi connectivity index (χ0) is 17.7.